The van der Waals surface area contributed by atoms with Crippen LogP contribution in [-0.2, 0) is 23.5 Å². The van der Waals surface area contributed by atoms with Gasteiger partial charge in [0.15, 0.2) is 0 Å². The number of amides is 1. The fourth-order valence-corrected chi connectivity index (χ4v) is 5.58. The third-order valence-electron chi connectivity index (χ3n) is 5.76. The van der Waals surface area contributed by atoms with Crippen LogP contribution in [0.1, 0.15) is 66.2 Å². The van der Waals surface area contributed by atoms with Gasteiger partial charge in [0, 0.05) is 29.9 Å². The van der Waals surface area contributed by atoms with Gasteiger partial charge in [0.1, 0.15) is 0 Å². The van der Waals surface area contributed by atoms with E-state index in [2.05, 4.69) is 15.1 Å². The molecule has 0 saturated heterocycles. The lowest BCUT2D eigenvalue weighted by atomic mass is 9.93. The van der Waals surface area contributed by atoms with Crippen LogP contribution in [0, 0.1) is 0 Å². The van der Waals surface area contributed by atoms with Crippen LogP contribution >= 0.6 is 0 Å². The van der Waals surface area contributed by atoms with Gasteiger partial charge in [-0.15, -0.1) is 0 Å². The Bertz CT molecular complexity index is 977. The SMILES string of the molecule is Cn1ncc2c1CCCC2NC(=O)c1cccc(S(=O)(=O)NC2CCCC2)c1. The van der Waals surface area contributed by atoms with E-state index in [9.17, 15) is 13.2 Å². The zero-order chi connectivity index (χ0) is 19.7. The van der Waals surface area contributed by atoms with E-state index in [4.69, 9.17) is 0 Å². The number of aryl methyl sites for hydroxylation is 1. The van der Waals surface area contributed by atoms with Crippen LogP contribution < -0.4 is 10.0 Å². The molecule has 1 heterocycles. The van der Waals surface area contributed by atoms with Crippen LogP contribution in [0.4, 0.5) is 0 Å². The molecule has 2 aliphatic carbocycles. The fourth-order valence-electron chi connectivity index (χ4n) is 4.23. The molecule has 4 rings (SSSR count). The highest BCUT2D eigenvalue weighted by Crippen LogP contribution is 2.29. The quantitative estimate of drug-likeness (QED) is 0.803. The first-order valence-corrected chi connectivity index (χ1v) is 11.4. The van der Waals surface area contributed by atoms with Crippen molar-refractivity contribution in [1.82, 2.24) is 19.8 Å². The molecule has 0 radical (unpaired) electrons. The minimum absolute atomic E-state index is 0.00581. The Balaban J connectivity index is 1.50. The predicted molar refractivity (Wildman–Crippen MR) is 105 cm³/mol. The van der Waals surface area contributed by atoms with Gasteiger partial charge in [-0.3, -0.25) is 9.48 Å². The van der Waals surface area contributed by atoms with E-state index in [1.165, 1.54) is 12.1 Å². The molecule has 1 aromatic carbocycles. The molecule has 7 nitrogen and oxygen atoms in total. The molecule has 1 aromatic heterocycles. The summed E-state index contributed by atoms with van der Waals surface area (Å²) in [5, 5.41) is 7.35. The molecule has 1 amide bonds. The molecule has 2 aromatic rings. The lowest BCUT2D eigenvalue weighted by Crippen LogP contribution is -2.33. The molecular formula is C20H26N4O3S. The maximum Gasteiger partial charge on any atom is 0.251 e. The Morgan fingerprint density at radius 1 is 1.18 bits per heavy atom. The number of carbonyl (C=O) groups excluding carboxylic acids is 1. The highest BCUT2D eigenvalue weighted by atomic mass is 32.2. The molecular weight excluding hydrogens is 376 g/mol. The number of carbonyl (C=O) groups is 1. The van der Waals surface area contributed by atoms with E-state index < -0.39 is 10.0 Å². The maximum atomic E-state index is 12.8. The van der Waals surface area contributed by atoms with Gasteiger partial charge < -0.3 is 5.32 Å². The summed E-state index contributed by atoms with van der Waals surface area (Å²) in [6.07, 6.45) is 8.44. The van der Waals surface area contributed by atoms with Gasteiger partial charge in [0.25, 0.3) is 5.91 Å². The molecule has 0 bridgehead atoms. The van der Waals surface area contributed by atoms with Crippen LogP contribution in [0.25, 0.3) is 0 Å². The number of nitrogens with one attached hydrogen (secondary N) is 2. The van der Waals surface area contributed by atoms with Gasteiger partial charge in [-0.1, -0.05) is 18.9 Å². The zero-order valence-corrected chi connectivity index (χ0v) is 16.8. The summed E-state index contributed by atoms with van der Waals surface area (Å²) in [6, 6.07) is 6.16. The van der Waals surface area contributed by atoms with Gasteiger partial charge in [-0.25, -0.2) is 13.1 Å². The van der Waals surface area contributed by atoms with Gasteiger partial charge in [-0.2, -0.15) is 5.10 Å². The number of hydrogen-bond donors (Lipinski definition) is 2. The average molecular weight is 403 g/mol. The predicted octanol–water partition coefficient (Wildman–Crippen LogP) is 2.45. The number of nitrogens with zero attached hydrogens (tertiary/aromatic N) is 2. The molecule has 1 saturated carbocycles. The molecule has 0 aliphatic heterocycles. The fraction of sp³-hybridized carbons (Fsp3) is 0.500. The van der Waals surface area contributed by atoms with Crippen LogP contribution in [0.3, 0.4) is 0 Å². The first kappa shape index (κ1) is 19.1. The number of aromatic nitrogens is 2. The summed E-state index contributed by atoms with van der Waals surface area (Å²) >= 11 is 0. The molecule has 0 spiro atoms. The number of fused-ring (bicyclic) bond motifs is 1. The summed E-state index contributed by atoms with van der Waals surface area (Å²) in [5.41, 5.74) is 2.55. The Morgan fingerprint density at radius 3 is 2.75 bits per heavy atom. The summed E-state index contributed by atoms with van der Waals surface area (Å²) in [5.74, 6) is -0.264. The second-order valence-electron chi connectivity index (χ2n) is 7.72. The van der Waals surface area contributed by atoms with Crippen molar-refractivity contribution >= 4 is 15.9 Å². The normalized spacial score (nSPS) is 20.1. The largest absolute Gasteiger partial charge is 0.345 e. The van der Waals surface area contributed by atoms with E-state index in [0.717, 1.165) is 56.2 Å². The number of sulfonamides is 1. The van der Waals surface area contributed by atoms with E-state index in [0.29, 0.717) is 5.56 Å². The lowest BCUT2D eigenvalue weighted by Gasteiger charge is -2.24. The van der Waals surface area contributed by atoms with Gasteiger partial charge in [-0.05, 0) is 50.3 Å². The number of rotatable bonds is 5. The van der Waals surface area contributed by atoms with Gasteiger partial charge in [0.2, 0.25) is 10.0 Å². The van der Waals surface area contributed by atoms with Crippen LogP contribution in [0.5, 0.6) is 0 Å². The molecule has 8 heteroatoms. The Labute approximate surface area is 165 Å². The third-order valence-corrected chi connectivity index (χ3v) is 7.28. The van der Waals surface area contributed by atoms with Crippen LogP contribution in [0.2, 0.25) is 0 Å². The lowest BCUT2D eigenvalue weighted by molar-refractivity contribution is 0.0932. The maximum absolute atomic E-state index is 12.8. The molecule has 1 fully saturated rings. The monoisotopic (exact) mass is 402 g/mol. The molecule has 2 N–H and O–H groups in total. The topological polar surface area (TPSA) is 93.1 Å². The number of hydrogen-bond acceptors (Lipinski definition) is 4. The Hall–Kier alpha value is -2.19. The molecule has 2 aliphatic rings. The van der Waals surface area contributed by atoms with Crippen molar-refractivity contribution in [2.45, 2.75) is 61.9 Å². The summed E-state index contributed by atoms with van der Waals surface area (Å²) in [7, 11) is -1.71. The average Bonchev–Trinajstić information content (AvgIpc) is 3.32. The standard InChI is InChI=1S/C20H26N4O3S/c1-24-19-11-5-10-18(17(19)13-21-24)22-20(25)14-6-4-9-16(12-14)28(26,27)23-15-7-2-3-8-15/h4,6,9,12-13,15,18,23H,2-3,5,7-8,10-11H2,1H3,(H,22,25). The van der Waals surface area contributed by atoms with Crippen molar-refractivity contribution in [1.29, 1.82) is 0 Å². The second kappa shape index (κ2) is 7.67. The first-order chi connectivity index (χ1) is 13.4. The van der Waals surface area contributed by atoms with Crippen molar-refractivity contribution in [3.8, 4) is 0 Å². The highest BCUT2D eigenvalue weighted by Gasteiger charge is 2.26. The van der Waals surface area contributed by atoms with Crippen LogP contribution in [0.15, 0.2) is 35.4 Å². The molecule has 1 unspecified atom stereocenters. The van der Waals surface area contributed by atoms with Crippen molar-refractivity contribution in [2.24, 2.45) is 7.05 Å². The van der Waals surface area contributed by atoms with Crippen molar-refractivity contribution in [3.05, 3.63) is 47.3 Å². The zero-order valence-electron chi connectivity index (χ0n) is 16.0. The minimum atomic E-state index is -3.62. The van der Waals surface area contributed by atoms with Gasteiger partial charge >= 0.3 is 0 Å². The van der Waals surface area contributed by atoms with Crippen molar-refractivity contribution in [3.63, 3.8) is 0 Å². The summed E-state index contributed by atoms with van der Waals surface area (Å²) < 4.78 is 30.0. The van der Waals surface area contributed by atoms with E-state index in [-0.39, 0.29) is 22.9 Å². The van der Waals surface area contributed by atoms with Crippen LogP contribution in [-0.4, -0.2) is 30.1 Å². The van der Waals surface area contributed by atoms with E-state index >= 15 is 0 Å². The summed E-state index contributed by atoms with van der Waals surface area (Å²) in [4.78, 5) is 12.9. The Morgan fingerprint density at radius 2 is 1.96 bits per heavy atom. The minimum Gasteiger partial charge on any atom is -0.345 e. The molecule has 150 valence electrons. The Kier molecular flexibility index (Phi) is 5.25. The van der Waals surface area contributed by atoms with E-state index in [1.54, 1.807) is 12.1 Å². The van der Waals surface area contributed by atoms with E-state index in [1.807, 2.05) is 17.9 Å². The summed E-state index contributed by atoms with van der Waals surface area (Å²) in [6.45, 7) is 0. The first-order valence-electron chi connectivity index (χ1n) is 9.88. The van der Waals surface area contributed by atoms with Gasteiger partial charge in [0.05, 0.1) is 17.1 Å². The third kappa shape index (κ3) is 3.84. The van der Waals surface area contributed by atoms with Crippen molar-refractivity contribution in [2.75, 3.05) is 0 Å². The van der Waals surface area contributed by atoms with Crippen molar-refractivity contribution < 1.29 is 13.2 Å². The smallest absolute Gasteiger partial charge is 0.251 e. The number of benzene rings is 1. The highest BCUT2D eigenvalue weighted by molar-refractivity contribution is 7.89. The molecule has 28 heavy (non-hydrogen) atoms. The molecule has 1 atom stereocenters. The second-order valence-corrected chi connectivity index (χ2v) is 9.43.